The second kappa shape index (κ2) is 4.27. The van der Waals surface area contributed by atoms with Crippen LogP contribution in [0.2, 0.25) is 0 Å². The zero-order valence-corrected chi connectivity index (χ0v) is 7.10. The summed E-state index contributed by atoms with van der Waals surface area (Å²) in [5, 5.41) is 8.61. The van der Waals surface area contributed by atoms with E-state index in [9.17, 15) is 4.79 Å². The Balaban J connectivity index is 2.69. The van der Waals surface area contributed by atoms with Crippen LogP contribution in [0, 0.1) is 17.2 Å². The predicted molar refractivity (Wildman–Crippen MR) is 48.4 cm³/mol. The minimum Gasteiger partial charge on any atom is -0.369 e. The van der Waals surface area contributed by atoms with Gasteiger partial charge in [-0.2, -0.15) is 5.26 Å². The first-order chi connectivity index (χ1) is 6.24. The van der Waals surface area contributed by atoms with Gasteiger partial charge in [-0.25, -0.2) is 0 Å². The molecule has 0 aliphatic heterocycles. The average Bonchev–Trinajstić information content (AvgIpc) is 2.15. The normalized spacial score (nSPS) is 11.6. The van der Waals surface area contributed by atoms with Gasteiger partial charge in [0.15, 0.2) is 0 Å². The third-order valence-corrected chi connectivity index (χ3v) is 1.78. The zero-order chi connectivity index (χ0) is 9.68. The summed E-state index contributed by atoms with van der Waals surface area (Å²) < 4.78 is 0. The molecule has 1 aromatic carbocycles. The van der Waals surface area contributed by atoms with Crippen molar-refractivity contribution in [3.05, 3.63) is 35.9 Å². The molecule has 0 bridgehead atoms. The quantitative estimate of drug-likeness (QED) is 0.738. The molecule has 3 heteroatoms. The summed E-state index contributed by atoms with van der Waals surface area (Å²) in [5.41, 5.74) is 5.99. The smallest absolute Gasteiger partial charge is 0.235 e. The van der Waals surface area contributed by atoms with Gasteiger partial charge in [-0.3, -0.25) is 4.79 Å². The highest BCUT2D eigenvalue weighted by Gasteiger charge is 2.13. The molecule has 1 atom stereocenters. The number of benzene rings is 1. The SMILES string of the molecule is N#CC(Cc1ccccc1)C(N)=O. The van der Waals surface area contributed by atoms with Gasteiger partial charge in [-0.1, -0.05) is 30.3 Å². The summed E-state index contributed by atoms with van der Waals surface area (Å²) in [4.78, 5) is 10.7. The van der Waals surface area contributed by atoms with Crippen LogP contribution in [0.15, 0.2) is 30.3 Å². The topological polar surface area (TPSA) is 66.9 Å². The van der Waals surface area contributed by atoms with Crippen molar-refractivity contribution in [2.24, 2.45) is 11.7 Å². The molecule has 66 valence electrons. The highest BCUT2D eigenvalue weighted by molar-refractivity contribution is 5.79. The van der Waals surface area contributed by atoms with Crippen LogP contribution in [0.4, 0.5) is 0 Å². The van der Waals surface area contributed by atoms with Gasteiger partial charge in [0.1, 0.15) is 5.92 Å². The lowest BCUT2D eigenvalue weighted by molar-refractivity contribution is -0.120. The van der Waals surface area contributed by atoms with Gasteiger partial charge in [-0.15, -0.1) is 0 Å². The molecule has 1 unspecified atom stereocenters. The molecule has 0 aliphatic carbocycles. The number of nitrogens with two attached hydrogens (primary N) is 1. The fourth-order valence-electron chi connectivity index (χ4n) is 1.06. The van der Waals surface area contributed by atoms with Crippen LogP contribution < -0.4 is 5.73 Å². The standard InChI is InChI=1S/C10H10N2O/c11-7-9(10(12)13)6-8-4-2-1-3-5-8/h1-5,9H,6H2,(H2,12,13). The van der Waals surface area contributed by atoms with E-state index in [1.807, 2.05) is 36.4 Å². The molecule has 0 aromatic heterocycles. The molecule has 0 fully saturated rings. The van der Waals surface area contributed by atoms with Gasteiger partial charge in [0, 0.05) is 0 Å². The largest absolute Gasteiger partial charge is 0.369 e. The van der Waals surface area contributed by atoms with E-state index in [1.165, 1.54) is 0 Å². The second-order valence-corrected chi connectivity index (χ2v) is 2.77. The van der Waals surface area contributed by atoms with Gasteiger partial charge in [0.2, 0.25) is 5.91 Å². The molecule has 0 aliphatic rings. The number of hydrogen-bond acceptors (Lipinski definition) is 2. The number of amides is 1. The molecular weight excluding hydrogens is 164 g/mol. The Morgan fingerprint density at radius 3 is 2.54 bits per heavy atom. The Morgan fingerprint density at radius 1 is 1.46 bits per heavy atom. The predicted octanol–water partition coefficient (Wildman–Crippen LogP) is 0.854. The van der Waals surface area contributed by atoms with Crippen LogP contribution >= 0.6 is 0 Å². The lowest BCUT2D eigenvalue weighted by Crippen LogP contribution is -2.23. The van der Waals surface area contributed by atoms with Gasteiger partial charge < -0.3 is 5.73 Å². The first-order valence-corrected chi connectivity index (χ1v) is 3.97. The van der Waals surface area contributed by atoms with Crippen molar-refractivity contribution in [2.45, 2.75) is 6.42 Å². The number of nitriles is 1. The average molecular weight is 174 g/mol. The molecule has 0 saturated heterocycles. The van der Waals surface area contributed by atoms with E-state index in [0.717, 1.165) is 5.56 Å². The molecule has 1 rings (SSSR count). The Hall–Kier alpha value is -1.82. The van der Waals surface area contributed by atoms with Gasteiger partial charge in [0.25, 0.3) is 0 Å². The van der Waals surface area contributed by atoms with Gasteiger partial charge >= 0.3 is 0 Å². The van der Waals surface area contributed by atoms with Crippen LogP contribution in [0.5, 0.6) is 0 Å². The molecule has 3 nitrogen and oxygen atoms in total. The number of hydrogen-bond donors (Lipinski definition) is 1. The number of primary amides is 1. The molecular formula is C10H10N2O. The van der Waals surface area contributed by atoms with E-state index in [2.05, 4.69) is 0 Å². The lowest BCUT2D eigenvalue weighted by atomic mass is 10.0. The molecule has 1 amide bonds. The highest BCUT2D eigenvalue weighted by Crippen LogP contribution is 2.06. The highest BCUT2D eigenvalue weighted by atomic mass is 16.1. The van der Waals surface area contributed by atoms with Crippen LogP contribution in [0.3, 0.4) is 0 Å². The Bertz CT molecular complexity index is 327. The summed E-state index contributed by atoms with van der Waals surface area (Å²) in [6.45, 7) is 0. The summed E-state index contributed by atoms with van der Waals surface area (Å²) in [6.07, 6.45) is 0.396. The number of rotatable bonds is 3. The number of carbonyl (C=O) groups excluding carboxylic acids is 1. The van der Waals surface area contributed by atoms with Crippen LogP contribution in [-0.2, 0) is 11.2 Å². The Labute approximate surface area is 76.8 Å². The maximum Gasteiger partial charge on any atom is 0.235 e. The molecule has 2 N–H and O–H groups in total. The van der Waals surface area contributed by atoms with Gasteiger partial charge in [0.05, 0.1) is 6.07 Å². The number of carbonyl (C=O) groups is 1. The van der Waals surface area contributed by atoms with Gasteiger partial charge in [-0.05, 0) is 12.0 Å². The molecule has 13 heavy (non-hydrogen) atoms. The minimum absolute atomic E-state index is 0.396. The summed E-state index contributed by atoms with van der Waals surface area (Å²) in [5.74, 6) is -1.28. The monoisotopic (exact) mass is 174 g/mol. The molecule has 0 saturated carbocycles. The van der Waals surface area contributed by atoms with Crippen LogP contribution in [-0.4, -0.2) is 5.91 Å². The Morgan fingerprint density at radius 2 is 2.08 bits per heavy atom. The van der Waals surface area contributed by atoms with Crippen LogP contribution in [0.1, 0.15) is 5.56 Å². The second-order valence-electron chi connectivity index (χ2n) is 2.77. The third-order valence-electron chi connectivity index (χ3n) is 1.78. The van der Waals surface area contributed by atoms with Crippen molar-refractivity contribution in [1.29, 1.82) is 5.26 Å². The van der Waals surface area contributed by atoms with Crippen molar-refractivity contribution in [3.63, 3.8) is 0 Å². The van der Waals surface area contributed by atoms with E-state index in [4.69, 9.17) is 11.0 Å². The summed E-state index contributed by atoms with van der Waals surface area (Å²) >= 11 is 0. The third kappa shape index (κ3) is 2.60. The van der Waals surface area contributed by atoms with E-state index >= 15 is 0 Å². The van der Waals surface area contributed by atoms with Crippen LogP contribution in [0.25, 0.3) is 0 Å². The molecule has 0 heterocycles. The maximum absolute atomic E-state index is 10.7. The van der Waals surface area contributed by atoms with Crippen molar-refractivity contribution >= 4 is 5.91 Å². The molecule has 0 spiro atoms. The van der Waals surface area contributed by atoms with E-state index in [0.29, 0.717) is 6.42 Å². The van der Waals surface area contributed by atoms with E-state index < -0.39 is 11.8 Å². The fourth-order valence-corrected chi connectivity index (χ4v) is 1.06. The minimum atomic E-state index is -0.720. The van der Waals surface area contributed by atoms with Crippen molar-refractivity contribution < 1.29 is 4.79 Å². The Kier molecular flexibility index (Phi) is 3.04. The lowest BCUT2D eigenvalue weighted by Gasteiger charge is -2.03. The molecule has 1 aromatic rings. The van der Waals surface area contributed by atoms with Crippen molar-refractivity contribution in [2.75, 3.05) is 0 Å². The first-order valence-electron chi connectivity index (χ1n) is 3.97. The van der Waals surface area contributed by atoms with E-state index in [1.54, 1.807) is 0 Å². The van der Waals surface area contributed by atoms with Crippen molar-refractivity contribution in [1.82, 2.24) is 0 Å². The fraction of sp³-hybridized carbons (Fsp3) is 0.200. The number of nitrogens with zero attached hydrogens (tertiary/aromatic N) is 1. The van der Waals surface area contributed by atoms with E-state index in [-0.39, 0.29) is 0 Å². The zero-order valence-electron chi connectivity index (χ0n) is 7.10. The maximum atomic E-state index is 10.7. The summed E-state index contributed by atoms with van der Waals surface area (Å²) in [7, 11) is 0. The molecule has 0 radical (unpaired) electrons. The first kappa shape index (κ1) is 9.27. The summed E-state index contributed by atoms with van der Waals surface area (Å²) in [6, 6.07) is 11.2. The van der Waals surface area contributed by atoms with Crippen molar-refractivity contribution in [3.8, 4) is 6.07 Å².